The van der Waals surface area contributed by atoms with Gasteiger partial charge in [0.15, 0.2) is 0 Å². The van der Waals surface area contributed by atoms with Gasteiger partial charge >= 0.3 is 0 Å². The van der Waals surface area contributed by atoms with Crippen LogP contribution >= 0.6 is 0 Å². The van der Waals surface area contributed by atoms with Gasteiger partial charge in [0.05, 0.1) is 12.4 Å². The number of hydrogen-bond acceptors (Lipinski definition) is 4. The molecule has 0 saturated carbocycles. The second kappa shape index (κ2) is 7.98. The Morgan fingerprint density at radius 3 is 2.55 bits per heavy atom. The number of benzene rings is 1. The molecule has 0 radical (unpaired) electrons. The molecule has 0 aliphatic heterocycles. The van der Waals surface area contributed by atoms with Gasteiger partial charge in [-0.05, 0) is 19.1 Å². The van der Waals surface area contributed by atoms with Crippen LogP contribution in [0.5, 0.6) is 0 Å². The van der Waals surface area contributed by atoms with E-state index in [1.165, 1.54) is 7.11 Å². The highest BCUT2D eigenvalue weighted by Crippen LogP contribution is 1.97. The molecule has 1 amide bonds. The minimum atomic E-state index is -3.43. The van der Waals surface area contributed by atoms with Crippen molar-refractivity contribution in [1.82, 2.24) is 10.0 Å². The van der Waals surface area contributed by atoms with Crippen LogP contribution in [0, 0.1) is 0 Å². The first-order valence-corrected chi connectivity index (χ1v) is 7.92. The third-order valence-electron chi connectivity index (χ3n) is 2.49. The van der Waals surface area contributed by atoms with Gasteiger partial charge in [-0.15, -0.1) is 0 Å². The molecule has 0 fully saturated rings. The van der Waals surface area contributed by atoms with E-state index in [2.05, 4.69) is 10.0 Å². The van der Waals surface area contributed by atoms with Crippen molar-refractivity contribution in [3.63, 3.8) is 0 Å². The van der Waals surface area contributed by atoms with Crippen molar-refractivity contribution in [2.24, 2.45) is 0 Å². The second-order valence-corrected chi connectivity index (χ2v) is 6.29. The maximum atomic E-state index is 11.7. The van der Waals surface area contributed by atoms with E-state index >= 15 is 0 Å². The topological polar surface area (TPSA) is 84.5 Å². The van der Waals surface area contributed by atoms with Crippen molar-refractivity contribution in [1.29, 1.82) is 0 Å². The number of amides is 1. The third kappa shape index (κ3) is 6.14. The molecule has 0 aliphatic rings. The zero-order chi connectivity index (χ0) is 15.0. The standard InChI is InChI=1S/C13H20N2O4S/c1-11(10-19-2)15-20(17,18)9-8-14-13(16)12-6-4-3-5-7-12/h3-7,11,15H,8-10H2,1-2H3,(H,14,16)/t11-/m1/s1. The molecule has 0 aromatic heterocycles. The Labute approximate surface area is 119 Å². The van der Waals surface area contributed by atoms with Gasteiger partial charge in [-0.1, -0.05) is 18.2 Å². The van der Waals surface area contributed by atoms with Crippen LogP contribution < -0.4 is 10.0 Å². The smallest absolute Gasteiger partial charge is 0.251 e. The summed E-state index contributed by atoms with van der Waals surface area (Å²) in [5, 5.41) is 2.57. The van der Waals surface area contributed by atoms with Gasteiger partial charge in [0.2, 0.25) is 10.0 Å². The third-order valence-corrected chi connectivity index (χ3v) is 3.99. The molecule has 20 heavy (non-hydrogen) atoms. The van der Waals surface area contributed by atoms with Gasteiger partial charge < -0.3 is 10.1 Å². The van der Waals surface area contributed by atoms with Crippen LogP contribution in [-0.4, -0.2) is 46.4 Å². The molecule has 1 atom stereocenters. The fraction of sp³-hybridized carbons (Fsp3) is 0.462. The first-order chi connectivity index (χ1) is 9.44. The van der Waals surface area contributed by atoms with Gasteiger partial charge in [0.1, 0.15) is 0 Å². The van der Waals surface area contributed by atoms with Crippen molar-refractivity contribution in [3.05, 3.63) is 35.9 Å². The van der Waals surface area contributed by atoms with Gasteiger partial charge in [-0.3, -0.25) is 4.79 Å². The van der Waals surface area contributed by atoms with Gasteiger partial charge in [0.25, 0.3) is 5.91 Å². The van der Waals surface area contributed by atoms with Crippen LogP contribution in [0.1, 0.15) is 17.3 Å². The van der Waals surface area contributed by atoms with Crippen LogP contribution in [0.25, 0.3) is 0 Å². The summed E-state index contributed by atoms with van der Waals surface area (Å²) in [6.45, 7) is 2.07. The predicted octanol–water partition coefficient (Wildman–Crippen LogP) is 0.371. The number of carbonyl (C=O) groups excluding carboxylic acids is 1. The van der Waals surface area contributed by atoms with E-state index in [-0.39, 0.29) is 24.2 Å². The normalized spacial score (nSPS) is 12.9. The summed E-state index contributed by atoms with van der Waals surface area (Å²) >= 11 is 0. The summed E-state index contributed by atoms with van der Waals surface area (Å²) in [6.07, 6.45) is 0. The molecular weight excluding hydrogens is 280 g/mol. The summed E-state index contributed by atoms with van der Waals surface area (Å²) in [7, 11) is -1.92. The van der Waals surface area contributed by atoms with E-state index in [9.17, 15) is 13.2 Å². The number of methoxy groups -OCH3 is 1. The molecule has 0 spiro atoms. The minimum Gasteiger partial charge on any atom is -0.383 e. The number of rotatable bonds is 8. The summed E-state index contributed by atoms with van der Waals surface area (Å²) in [5.41, 5.74) is 0.505. The Kier molecular flexibility index (Phi) is 6.63. The van der Waals surface area contributed by atoms with Crippen molar-refractivity contribution < 1.29 is 17.9 Å². The highest BCUT2D eigenvalue weighted by Gasteiger charge is 2.14. The fourth-order valence-electron chi connectivity index (χ4n) is 1.64. The first kappa shape index (κ1) is 16.6. The molecule has 0 saturated heterocycles. The molecule has 112 valence electrons. The number of hydrogen-bond donors (Lipinski definition) is 2. The largest absolute Gasteiger partial charge is 0.383 e. The quantitative estimate of drug-likeness (QED) is 0.726. The molecule has 0 bridgehead atoms. The minimum absolute atomic E-state index is 0.0583. The molecule has 6 nitrogen and oxygen atoms in total. The van der Waals surface area contributed by atoms with E-state index in [1.807, 2.05) is 6.07 Å². The predicted molar refractivity (Wildman–Crippen MR) is 77.0 cm³/mol. The number of ether oxygens (including phenoxy) is 1. The maximum Gasteiger partial charge on any atom is 0.251 e. The summed E-state index contributed by atoms with van der Waals surface area (Å²) < 4.78 is 30.8. The van der Waals surface area contributed by atoms with Gasteiger partial charge in [0, 0.05) is 25.3 Å². The first-order valence-electron chi connectivity index (χ1n) is 6.27. The molecular formula is C13H20N2O4S. The summed E-state index contributed by atoms with van der Waals surface area (Å²) in [5.74, 6) is -0.453. The van der Waals surface area contributed by atoms with Gasteiger partial charge in [-0.25, -0.2) is 13.1 Å². The SMILES string of the molecule is COC[C@@H](C)NS(=O)(=O)CCNC(=O)c1ccccc1. The second-order valence-electron chi connectivity index (χ2n) is 4.42. The Hall–Kier alpha value is -1.44. The lowest BCUT2D eigenvalue weighted by molar-refractivity contribution is 0.0956. The summed E-state index contributed by atoms with van der Waals surface area (Å²) in [4.78, 5) is 11.7. The van der Waals surface area contributed by atoms with Crippen LogP contribution in [0.15, 0.2) is 30.3 Å². The molecule has 0 unspecified atom stereocenters. The lowest BCUT2D eigenvalue weighted by atomic mass is 10.2. The van der Waals surface area contributed by atoms with E-state index in [0.717, 1.165) is 0 Å². The zero-order valence-electron chi connectivity index (χ0n) is 11.6. The molecule has 0 heterocycles. The van der Waals surface area contributed by atoms with Crippen molar-refractivity contribution in [2.45, 2.75) is 13.0 Å². The van der Waals surface area contributed by atoms with E-state index in [4.69, 9.17) is 4.74 Å². The molecule has 1 aromatic rings. The average Bonchev–Trinajstić information content (AvgIpc) is 2.39. The summed E-state index contributed by atoms with van der Waals surface area (Å²) in [6, 6.07) is 8.35. The Bertz CT molecular complexity index is 516. The van der Waals surface area contributed by atoms with Gasteiger partial charge in [-0.2, -0.15) is 0 Å². The highest BCUT2D eigenvalue weighted by atomic mass is 32.2. The molecule has 0 aliphatic carbocycles. The van der Waals surface area contributed by atoms with Crippen molar-refractivity contribution in [3.8, 4) is 0 Å². The number of nitrogens with one attached hydrogen (secondary N) is 2. The Morgan fingerprint density at radius 2 is 1.95 bits per heavy atom. The number of sulfonamides is 1. The van der Waals surface area contributed by atoms with E-state index < -0.39 is 10.0 Å². The van der Waals surface area contributed by atoms with E-state index in [0.29, 0.717) is 12.2 Å². The van der Waals surface area contributed by atoms with Crippen molar-refractivity contribution >= 4 is 15.9 Å². The average molecular weight is 300 g/mol. The highest BCUT2D eigenvalue weighted by molar-refractivity contribution is 7.89. The van der Waals surface area contributed by atoms with Crippen LogP contribution in [0.4, 0.5) is 0 Å². The van der Waals surface area contributed by atoms with Crippen molar-refractivity contribution in [2.75, 3.05) is 26.0 Å². The zero-order valence-corrected chi connectivity index (χ0v) is 12.4. The molecule has 1 aromatic carbocycles. The molecule has 2 N–H and O–H groups in total. The van der Waals surface area contributed by atoms with Crippen LogP contribution in [-0.2, 0) is 14.8 Å². The van der Waals surface area contributed by atoms with Crippen LogP contribution in [0.2, 0.25) is 0 Å². The Morgan fingerprint density at radius 1 is 1.30 bits per heavy atom. The Balaban J connectivity index is 2.38. The lowest BCUT2D eigenvalue weighted by Gasteiger charge is -2.13. The lowest BCUT2D eigenvalue weighted by Crippen LogP contribution is -2.40. The molecule has 1 rings (SSSR count). The fourth-order valence-corrected chi connectivity index (χ4v) is 2.81. The monoisotopic (exact) mass is 300 g/mol. The maximum absolute atomic E-state index is 11.7. The molecule has 7 heteroatoms. The van der Waals surface area contributed by atoms with Crippen LogP contribution in [0.3, 0.4) is 0 Å². The number of carbonyl (C=O) groups is 1. The van der Waals surface area contributed by atoms with E-state index in [1.54, 1.807) is 31.2 Å².